The molecule has 8 heteroatoms. The van der Waals surface area contributed by atoms with E-state index in [4.69, 9.17) is 4.74 Å². The Morgan fingerprint density at radius 2 is 1.89 bits per heavy atom. The van der Waals surface area contributed by atoms with Gasteiger partial charge in [-0.1, -0.05) is 30.3 Å². The van der Waals surface area contributed by atoms with E-state index in [0.29, 0.717) is 39.3 Å². The lowest BCUT2D eigenvalue weighted by Crippen LogP contribution is -2.54. The van der Waals surface area contributed by atoms with Gasteiger partial charge < -0.3 is 15.0 Å². The maximum absolute atomic E-state index is 13.0. The highest BCUT2D eigenvalue weighted by Crippen LogP contribution is 2.24. The first-order chi connectivity index (χ1) is 12.9. The highest BCUT2D eigenvalue weighted by Gasteiger charge is 2.38. The van der Waals surface area contributed by atoms with Gasteiger partial charge in [0.15, 0.2) is 0 Å². The number of benzene rings is 1. The Morgan fingerprint density at radius 1 is 1.19 bits per heavy atom. The molecule has 1 aromatic rings. The zero-order valence-corrected chi connectivity index (χ0v) is 16.7. The molecule has 0 aliphatic carbocycles. The van der Waals surface area contributed by atoms with Crippen LogP contribution in [0.25, 0.3) is 0 Å². The number of carbonyl (C=O) groups is 1. The van der Waals surface area contributed by atoms with Crippen molar-refractivity contribution in [2.75, 3.05) is 39.1 Å². The van der Waals surface area contributed by atoms with E-state index >= 15 is 0 Å². The number of carbonyl (C=O) groups excluding carboxylic acids is 1. The summed E-state index contributed by atoms with van der Waals surface area (Å²) in [6.45, 7) is 2.69. The third-order valence-corrected chi connectivity index (χ3v) is 6.61. The number of hydrogen-bond acceptors (Lipinski definition) is 4. The molecular weight excluding hydrogens is 366 g/mol. The summed E-state index contributed by atoms with van der Waals surface area (Å²) in [5.41, 5.74) is 1.18. The molecule has 2 amide bonds. The molecule has 27 heavy (non-hydrogen) atoms. The normalized spacial score (nSPS) is 21.9. The van der Waals surface area contributed by atoms with Crippen LogP contribution in [0.4, 0.5) is 4.79 Å². The third-order valence-electron chi connectivity index (χ3n) is 5.34. The maximum Gasteiger partial charge on any atom is 0.317 e. The monoisotopic (exact) mass is 395 g/mol. The van der Waals surface area contributed by atoms with Crippen LogP contribution in [-0.2, 0) is 21.2 Å². The predicted octanol–water partition coefficient (Wildman–Crippen LogP) is 1.45. The Kier molecular flexibility index (Phi) is 6.73. The second kappa shape index (κ2) is 9.03. The third kappa shape index (κ3) is 5.43. The topological polar surface area (TPSA) is 79.0 Å². The summed E-state index contributed by atoms with van der Waals surface area (Å²) in [5.74, 6) is 0. The summed E-state index contributed by atoms with van der Waals surface area (Å²) in [4.78, 5) is 14.9. The molecule has 2 aliphatic heterocycles. The minimum absolute atomic E-state index is 0.0837. The second-order valence-electron chi connectivity index (χ2n) is 7.28. The van der Waals surface area contributed by atoms with Gasteiger partial charge in [-0.25, -0.2) is 17.5 Å². The molecule has 2 aliphatic rings. The lowest BCUT2D eigenvalue weighted by atomic mass is 10.0. The molecule has 1 aromatic carbocycles. The number of amides is 2. The summed E-state index contributed by atoms with van der Waals surface area (Å²) < 4.78 is 30.6. The molecule has 150 valence electrons. The summed E-state index contributed by atoms with van der Waals surface area (Å²) in [7, 11) is -3.23. The average molecular weight is 396 g/mol. The second-order valence-corrected chi connectivity index (χ2v) is 9.26. The van der Waals surface area contributed by atoms with Gasteiger partial charge in [-0.2, -0.15) is 0 Å². The van der Waals surface area contributed by atoms with E-state index in [1.165, 1.54) is 16.1 Å². The van der Waals surface area contributed by atoms with Crippen LogP contribution in [0.5, 0.6) is 0 Å². The average Bonchev–Trinajstić information content (AvgIpc) is 3.14. The Balaban J connectivity index is 1.63. The van der Waals surface area contributed by atoms with Crippen LogP contribution in [0.15, 0.2) is 30.3 Å². The Labute approximate surface area is 161 Å². The van der Waals surface area contributed by atoms with Crippen LogP contribution in [0, 0.1) is 0 Å². The fraction of sp³-hybridized carbons (Fsp3) is 0.632. The Morgan fingerprint density at radius 3 is 2.52 bits per heavy atom. The number of nitrogens with one attached hydrogen (secondary N) is 1. The molecule has 3 rings (SSSR count). The standard InChI is InChI=1S/C19H29N3O4S/c1-27(24,25)21-12-8-18(15-21)22(17-9-13-26-14-10-17)19(23)20-11-7-16-5-3-2-4-6-16/h2-6,17-18H,7-15H2,1H3,(H,20,23). The van der Waals surface area contributed by atoms with Crippen LogP contribution < -0.4 is 5.32 Å². The molecule has 2 saturated heterocycles. The molecule has 2 fully saturated rings. The van der Waals surface area contributed by atoms with E-state index in [9.17, 15) is 13.2 Å². The number of ether oxygens (including phenoxy) is 1. The largest absolute Gasteiger partial charge is 0.381 e. The van der Waals surface area contributed by atoms with Gasteiger partial charge in [-0.3, -0.25) is 0 Å². The van der Waals surface area contributed by atoms with Crippen molar-refractivity contribution in [2.24, 2.45) is 0 Å². The van der Waals surface area contributed by atoms with Gasteiger partial charge in [0.1, 0.15) is 0 Å². The highest BCUT2D eigenvalue weighted by atomic mass is 32.2. The van der Waals surface area contributed by atoms with Gasteiger partial charge in [0.2, 0.25) is 10.0 Å². The molecule has 7 nitrogen and oxygen atoms in total. The van der Waals surface area contributed by atoms with Crippen molar-refractivity contribution in [1.29, 1.82) is 0 Å². The summed E-state index contributed by atoms with van der Waals surface area (Å²) in [6.07, 6.45) is 4.27. The minimum Gasteiger partial charge on any atom is -0.381 e. The highest BCUT2D eigenvalue weighted by molar-refractivity contribution is 7.88. The zero-order valence-electron chi connectivity index (χ0n) is 15.8. The van der Waals surface area contributed by atoms with E-state index in [1.54, 1.807) is 0 Å². The molecule has 0 bridgehead atoms. The number of sulfonamides is 1. The molecule has 0 spiro atoms. The SMILES string of the molecule is CS(=O)(=O)N1CCC(N(C(=O)NCCc2ccccc2)C2CCOCC2)C1. The fourth-order valence-electron chi connectivity index (χ4n) is 3.88. The van der Waals surface area contributed by atoms with Gasteiger partial charge in [0.25, 0.3) is 0 Å². The number of rotatable bonds is 6. The van der Waals surface area contributed by atoms with Crippen molar-refractivity contribution in [3.05, 3.63) is 35.9 Å². The molecule has 1 unspecified atom stereocenters. The van der Waals surface area contributed by atoms with Crippen LogP contribution in [0.1, 0.15) is 24.8 Å². The zero-order chi connectivity index (χ0) is 19.3. The Bertz CT molecular complexity index is 720. The maximum atomic E-state index is 13.0. The van der Waals surface area contributed by atoms with Crippen LogP contribution >= 0.6 is 0 Å². The number of urea groups is 1. The van der Waals surface area contributed by atoms with Crippen molar-refractivity contribution >= 4 is 16.1 Å². The van der Waals surface area contributed by atoms with Gasteiger partial charge in [-0.15, -0.1) is 0 Å². The van der Waals surface area contributed by atoms with Crippen LogP contribution in [-0.4, -0.2) is 74.8 Å². The fourth-order valence-corrected chi connectivity index (χ4v) is 4.76. The quantitative estimate of drug-likeness (QED) is 0.791. The number of nitrogens with zero attached hydrogens (tertiary/aromatic N) is 2. The summed E-state index contributed by atoms with van der Waals surface area (Å²) in [6, 6.07) is 9.96. The first-order valence-electron chi connectivity index (χ1n) is 9.58. The molecule has 1 atom stereocenters. The smallest absolute Gasteiger partial charge is 0.317 e. The van der Waals surface area contributed by atoms with Gasteiger partial charge in [-0.05, 0) is 31.2 Å². The van der Waals surface area contributed by atoms with E-state index in [0.717, 1.165) is 19.3 Å². The minimum atomic E-state index is -3.23. The molecular formula is C19H29N3O4S. The lowest BCUT2D eigenvalue weighted by Gasteiger charge is -2.38. The first kappa shape index (κ1) is 20.1. The van der Waals surface area contributed by atoms with Gasteiger partial charge in [0, 0.05) is 44.9 Å². The number of hydrogen-bond donors (Lipinski definition) is 1. The van der Waals surface area contributed by atoms with Crippen molar-refractivity contribution in [3.63, 3.8) is 0 Å². The predicted molar refractivity (Wildman–Crippen MR) is 104 cm³/mol. The van der Waals surface area contributed by atoms with Crippen molar-refractivity contribution < 1.29 is 17.9 Å². The molecule has 0 saturated carbocycles. The Hall–Kier alpha value is -1.64. The molecule has 0 aromatic heterocycles. The van der Waals surface area contributed by atoms with Crippen molar-refractivity contribution in [2.45, 2.75) is 37.8 Å². The van der Waals surface area contributed by atoms with E-state index in [2.05, 4.69) is 5.32 Å². The van der Waals surface area contributed by atoms with Crippen molar-refractivity contribution in [1.82, 2.24) is 14.5 Å². The van der Waals surface area contributed by atoms with E-state index < -0.39 is 10.0 Å². The van der Waals surface area contributed by atoms with Gasteiger partial charge >= 0.3 is 6.03 Å². The molecule has 2 heterocycles. The van der Waals surface area contributed by atoms with E-state index in [-0.39, 0.29) is 18.1 Å². The summed E-state index contributed by atoms with van der Waals surface area (Å²) >= 11 is 0. The van der Waals surface area contributed by atoms with E-state index in [1.807, 2.05) is 35.2 Å². The van der Waals surface area contributed by atoms with Gasteiger partial charge in [0.05, 0.1) is 6.26 Å². The molecule has 0 radical (unpaired) electrons. The van der Waals surface area contributed by atoms with Crippen molar-refractivity contribution in [3.8, 4) is 0 Å². The first-order valence-corrected chi connectivity index (χ1v) is 11.4. The van der Waals surface area contributed by atoms with Crippen LogP contribution in [0.3, 0.4) is 0 Å². The summed E-state index contributed by atoms with van der Waals surface area (Å²) in [5, 5.41) is 3.04. The molecule has 1 N–H and O–H groups in total. The van der Waals surface area contributed by atoms with Crippen LogP contribution in [0.2, 0.25) is 0 Å². The lowest BCUT2D eigenvalue weighted by molar-refractivity contribution is 0.0349.